The van der Waals surface area contributed by atoms with E-state index < -0.39 is 5.82 Å². The van der Waals surface area contributed by atoms with E-state index in [2.05, 4.69) is 10.3 Å². The molecule has 0 aliphatic rings. The first-order valence-corrected chi connectivity index (χ1v) is 10.9. The summed E-state index contributed by atoms with van der Waals surface area (Å²) in [5.41, 5.74) is 1.38. The Balaban J connectivity index is 1.74. The van der Waals surface area contributed by atoms with Crippen molar-refractivity contribution in [1.82, 2.24) is 10.3 Å². The van der Waals surface area contributed by atoms with Crippen molar-refractivity contribution in [3.8, 4) is 0 Å². The SMILES string of the molecule is CC(=O)N(c1nc(/C=C/C(=O)NC(c2ccc(F)cc2)C(C)C)cs1)c1ccccc1F. The van der Waals surface area contributed by atoms with E-state index >= 15 is 0 Å². The van der Waals surface area contributed by atoms with Gasteiger partial charge in [0.05, 0.1) is 17.4 Å². The number of thiazole rings is 1. The Hall–Kier alpha value is -3.39. The lowest BCUT2D eigenvalue weighted by Crippen LogP contribution is -2.30. The van der Waals surface area contributed by atoms with Gasteiger partial charge >= 0.3 is 0 Å². The number of para-hydroxylation sites is 1. The number of rotatable bonds is 7. The zero-order valence-electron chi connectivity index (χ0n) is 17.9. The monoisotopic (exact) mass is 455 g/mol. The predicted octanol–water partition coefficient (Wildman–Crippen LogP) is 5.63. The minimum absolute atomic E-state index is 0.0913. The molecule has 2 aromatic carbocycles. The third-order valence-corrected chi connectivity index (χ3v) is 5.55. The smallest absolute Gasteiger partial charge is 0.244 e. The van der Waals surface area contributed by atoms with Gasteiger partial charge in [0, 0.05) is 18.4 Å². The quantitative estimate of drug-likeness (QED) is 0.470. The molecule has 1 aromatic heterocycles. The number of benzene rings is 2. The Bertz CT molecular complexity index is 1130. The molecule has 0 spiro atoms. The summed E-state index contributed by atoms with van der Waals surface area (Å²) in [6.07, 6.45) is 2.87. The molecule has 0 radical (unpaired) electrons. The third kappa shape index (κ3) is 5.64. The van der Waals surface area contributed by atoms with Crippen molar-refractivity contribution in [2.24, 2.45) is 5.92 Å². The molecule has 0 fully saturated rings. The number of halogens is 2. The molecule has 0 saturated carbocycles. The number of nitrogens with one attached hydrogen (secondary N) is 1. The molecule has 8 heteroatoms. The Morgan fingerprint density at radius 3 is 2.41 bits per heavy atom. The number of amides is 2. The molecule has 0 bridgehead atoms. The molecule has 0 saturated heterocycles. The van der Waals surface area contributed by atoms with Gasteiger partial charge in [-0.2, -0.15) is 0 Å². The highest BCUT2D eigenvalue weighted by Crippen LogP contribution is 2.31. The van der Waals surface area contributed by atoms with Crippen LogP contribution < -0.4 is 10.2 Å². The van der Waals surface area contributed by atoms with Crippen molar-refractivity contribution in [2.75, 3.05) is 4.90 Å². The number of carbonyl (C=O) groups excluding carboxylic acids is 2. The van der Waals surface area contributed by atoms with E-state index in [4.69, 9.17) is 0 Å². The van der Waals surface area contributed by atoms with Gasteiger partial charge in [-0.25, -0.2) is 13.8 Å². The number of nitrogens with zero attached hydrogens (tertiary/aromatic N) is 2. The fourth-order valence-corrected chi connectivity index (χ4v) is 4.01. The van der Waals surface area contributed by atoms with Crippen LogP contribution in [0.1, 0.15) is 38.1 Å². The Morgan fingerprint density at radius 2 is 1.78 bits per heavy atom. The van der Waals surface area contributed by atoms with Gasteiger partial charge in [0.2, 0.25) is 11.8 Å². The van der Waals surface area contributed by atoms with Gasteiger partial charge in [0.25, 0.3) is 0 Å². The maximum absolute atomic E-state index is 14.2. The van der Waals surface area contributed by atoms with Crippen molar-refractivity contribution in [1.29, 1.82) is 0 Å². The average Bonchev–Trinajstić information content (AvgIpc) is 3.21. The van der Waals surface area contributed by atoms with E-state index in [1.807, 2.05) is 13.8 Å². The maximum atomic E-state index is 14.2. The highest BCUT2D eigenvalue weighted by molar-refractivity contribution is 7.14. The molecule has 0 aliphatic heterocycles. The first kappa shape index (κ1) is 23.3. The molecule has 3 rings (SSSR count). The summed E-state index contributed by atoms with van der Waals surface area (Å²) in [5.74, 6) is -1.49. The Labute approximate surface area is 189 Å². The van der Waals surface area contributed by atoms with E-state index in [-0.39, 0.29) is 35.3 Å². The van der Waals surface area contributed by atoms with Gasteiger partial charge in [0.1, 0.15) is 11.6 Å². The minimum Gasteiger partial charge on any atom is -0.345 e. The van der Waals surface area contributed by atoms with Crippen molar-refractivity contribution >= 4 is 40.0 Å². The second-order valence-electron chi connectivity index (χ2n) is 7.48. The van der Waals surface area contributed by atoms with Gasteiger partial charge in [0.15, 0.2) is 5.13 Å². The highest BCUT2D eigenvalue weighted by atomic mass is 32.1. The molecule has 166 valence electrons. The number of carbonyl (C=O) groups is 2. The fraction of sp³-hybridized carbons (Fsp3) is 0.208. The molecule has 5 nitrogen and oxygen atoms in total. The van der Waals surface area contributed by atoms with Crippen LogP contribution in [0.3, 0.4) is 0 Å². The van der Waals surface area contributed by atoms with Gasteiger partial charge in [-0.15, -0.1) is 11.3 Å². The van der Waals surface area contributed by atoms with E-state index in [1.54, 1.807) is 29.6 Å². The lowest BCUT2D eigenvalue weighted by molar-refractivity contribution is -0.117. The van der Waals surface area contributed by atoms with Crippen LogP contribution >= 0.6 is 11.3 Å². The lowest BCUT2D eigenvalue weighted by Gasteiger charge is -2.22. The second kappa shape index (κ2) is 10.3. The molecular formula is C24H23F2N3O2S. The van der Waals surface area contributed by atoms with E-state index in [0.29, 0.717) is 10.8 Å². The normalized spacial score (nSPS) is 12.2. The molecule has 1 unspecified atom stereocenters. The molecule has 1 atom stereocenters. The van der Waals surface area contributed by atoms with Crippen LogP contribution in [0.15, 0.2) is 60.0 Å². The van der Waals surface area contributed by atoms with Crippen LogP contribution in [0, 0.1) is 17.6 Å². The molecule has 32 heavy (non-hydrogen) atoms. The Morgan fingerprint density at radius 1 is 1.09 bits per heavy atom. The summed E-state index contributed by atoms with van der Waals surface area (Å²) in [6, 6.07) is 11.7. The largest absolute Gasteiger partial charge is 0.345 e. The number of anilines is 2. The molecule has 2 amide bonds. The number of hydrogen-bond donors (Lipinski definition) is 1. The van der Waals surface area contributed by atoms with Crippen LogP contribution in [0.5, 0.6) is 0 Å². The van der Waals surface area contributed by atoms with Gasteiger partial charge in [-0.3, -0.25) is 14.5 Å². The molecule has 0 aliphatic carbocycles. The second-order valence-corrected chi connectivity index (χ2v) is 8.31. The molecule has 1 heterocycles. The summed E-state index contributed by atoms with van der Waals surface area (Å²) in [5, 5.41) is 4.89. The number of aromatic nitrogens is 1. The van der Waals surface area contributed by atoms with Gasteiger partial charge in [-0.05, 0) is 41.8 Å². The molecule has 3 aromatic rings. The summed E-state index contributed by atoms with van der Waals surface area (Å²) < 4.78 is 27.4. The van der Waals surface area contributed by atoms with Crippen LogP contribution in [0.25, 0.3) is 6.08 Å². The maximum Gasteiger partial charge on any atom is 0.244 e. The van der Waals surface area contributed by atoms with Crippen molar-refractivity contribution in [2.45, 2.75) is 26.8 Å². The Kier molecular flexibility index (Phi) is 7.48. The van der Waals surface area contributed by atoms with Crippen LogP contribution in [0.2, 0.25) is 0 Å². The van der Waals surface area contributed by atoms with Crippen molar-refractivity contribution in [3.63, 3.8) is 0 Å². The van der Waals surface area contributed by atoms with Crippen molar-refractivity contribution < 1.29 is 18.4 Å². The third-order valence-electron chi connectivity index (χ3n) is 4.71. The number of hydrogen-bond acceptors (Lipinski definition) is 4. The highest BCUT2D eigenvalue weighted by Gasteiger charge is 2.21. The lowest BCUT2D eigenvalue weighted by atomic mass is 9.96. The average molecular weight is 456 g/mol. The summed E-state index contributed by atoms with van der Waals surface area (Å²) in [6.45, 7) is 5.26. The van der Waals surface area contributed by atoms with Gasteiger partial charge < -0.3 is 5.32 Å². The first-order chi connectivity index (χ1) is 15.3. The molecule has 1 N–H and O–H groups in total. The predicted molar refractivity (Wildman–Crippen MR) is 122 cm³/mol. The summed E-state index contributed by atoms with van der Waals surface area (Å²) >= 11 is 1.17. The van der Waals surface area contributed by atoms with E-state index in [9.17, 15) is 18.4 Å². The molecular weight excluding hydrogens is 432 g/mol. The zero-order chi connectivity index (χ0) is 23.3. The van der Waals surface area contributed by atoms with Crippen LogP contribution in [0.4, 0.5) is 19.6 Å². The minimum atomic E-state index is -0.533. The standard InChI is InChI=1S/C24H23F2N3O2S/c1-15(2)23(17-8-10-18(25)11-9-17)28-22(31)13-12-19-14-32-24(27-19)29(16(3)30)21-7-5-4-6-20(21)26/h4-15,23H,1-3H3,(H,28,31)/b13-12+. The topological polar surface area (TPSA) is 62.3 Å². The van der Waals surface area contributed by atoms with Crippen LogP contribution in [-0.4, -0.2) is 16.8 Å². The summed E-state index contributed by atoms with van der Waals surface area (Å²) in [7, 11) is 0. The summed E-state index contributed by atoms with van der Waals surface area (Å²) in [4.78, 5) is 30.2. The van der Waals surface area contributed by atoms with Crippen molar-refractivity contribution in [3.05, 3.63) is 82.9 Å². The van der Waals surface area contributed by atoms with E-state index in [0.717, 1.165) is 5.56 Å². The first-order valence-electron chi connectivity index (χ1n) is 10.0. The fourth-order valence-electron chi connectivity index (χ4n) is 3.16. The van der Waals surface area contributed by atoms with E-state index in [1.165, 1.54) is 59.6 Å². The zero-order valence-corrected chi connectivity index (χ0v) is 18.7. The van der Waals surface area contributed by atoms with Gasteiger partial charge in [-0.1, -0.05) is 38.1 Å². The van der Waals surface area contributed by atoms with Crippen LogP contribution in [-0.2, 0) is 9.59 Å².